The lowest BCUT2D eigenvalue weighted by Gasteiger charge is -2.28. The van der Waals surface area contributed by atoms with Crippen LogP contribution >= 0.6 is 0 Å². The highest BCUT2D eigenvalue weighted by molar-refractivity contribution is 5.67. The lowest BCUT2D eigenvalue weighted by atomic mass is 9.82. The molecule has 0 aliphatic heterocycles. The molecule has 0 N–H and O–H groups in total. The Morgan fingerprint density at radius 1 is 0.963 bits per heavy atom. The quantitative estimate of drug-likeness (QED) is 0.468. The zero-order valence-corrected chi connectivity index (χ0v) is 15.5. The summed E-state index contributed by atoms with van der Waals surface area (Å²) >= 11 is 0. The van der Waals surface area contributed by atoms with Gasteiger partial charge in [-0.05, 0) is 36.3 Å². The van der Waals surface area contributed by atoms with E-state index in [1.807, 2.05) is 25.1 Å². The van der Waals surface area contributed by atoms with Gasteiger partial charge in [0.25, 0.3) is 0 Å². The van der Waals surface area contributed by atoms with Gasteiger partial charge >= 0.3 is 0 Å². The SMILES string of the molecule is CCC/C=C/c1ccc(-c2ccc(C3CCC(F)(F)CC3)cc2)c(F)c1F. The highest BCUT2D eigenvalue weighted by Crippen LogP contribution is 2.41. The van der Waals surface area contributed by atoms with E-state index in [9.17, 15) is 17.6 Å². The van der Waals surface area contributed by atoms with E-state index in [0.29, 0.717) is 18.4 Å². The van der Waals surface area contributed by atoms with Gasteiger partial charge in [0.15, 0.2) is 11.6 Å². The van der Waals surface area contributed by atoms with E-state index in [1.165, 1.54) is 0 Å². The number of hydrogen-bond acceptors (Lipinski definition) is 0. The van der Waals surface area contributed by atoms with Crippen molar-refractivity contribution in [2.45, 2.75) is 57.3 Å². The summed E-state index contributed by atoms with van der Waals surface area (Å²) in [6, 6.07) is 10.3. The molecule has 3 rings (SSSR count). The van der Waals surface area contributed by atoms with Crippen molar-refractivity contribution in [3.05, 3.63) is 65.2 Å². The molecule has 0 saturated heterocycles. The maximum Gasteiger partial charge on any atom is 0.248 e. The summed E-state index contributed by atoms with van der Waals surface area (Å²) in [6.45, 7) is 2.02. The average molecular weight is 376 g/mol. The molecule has 2 aromatic rings. The van der Waals surface area contributed by atoms with Crippen LogP contribution in [0.25, 0.3) is 17.2 Å². The summed E-state index contributed by atoms with van der Waals surface area (Å²) in [6.07, 6.45) is 5.93. The molecule has 0 amide bonds. The standard InChI is InChI=1S/C23H24F4/c1-2-3-4-5-19-10-11-20(22(25)21(19)24)18-8-6-16(7-9-18)17-12-14-23(26,27)15-13-17/h4-11,17H,2-3,12-15H2,1H3/b5-4+. The van der Waals surface area contributed by atoms with Crippen molar-refractivity contribution in [2.75, 3.05) is 0 Å². The van der Waals surface area contributed by atoms with Crippen molar-refractivity contribution in [3.63, 3.8) is 0 Å². The van der Waals surface area contributed by atoms with Gasteiger partial charge < -0.3 is 0 Å². The van der Waals surface area contributed by atoms with E-state index < -0.39 is 17.6 Å². The minimum absolute atomic E-state index is 0.0910. The smallest absolute Gasteiger partial charge is 0.207 e. The number of rotatable bonds is 5. The Morgan fingerprint density at radius 3 is 2.26 bits per heavy atom. The maximum atomic E-state index is 14.5. The first kappa shape index (κ1) is 19.7. The summed E-state index contributed by atoms with van der Waals surface area (Å²) < 4.78 is 55.4. The van der Waals surface area contributed by atoms with E-state index in [1.54, 1.807) is 30.3 Å². The Morgan fingerprint density at radius 2 is 1.63 bits per heavy atom. The van der Waals surface area contributed by atoms with Crippen LogP contribution in [-0.4, -0.2) is 5.92 Å². The molecule has 0 radical (unpaired) electrons. The van der Waals surface area contributed by atoms with Crippen molar-refractivity contribution in [2.24, 2.45) is 0 Å². The highest BCUT2D eigenvalue weighted by Gasteiger charge is 2.35. The second kappa shape index (κ2) is 8.28. The molecule has 4 heteroatoms. The molecule has 0 spiro atoms. The Hall–Kier alpha value is -2.10. The maximum absolute atomic E-state index is 14.5. The topological polar surface area (TPSA) is 0 Å². The molecule has 1 saturated carbocycles. The predicted molar refractivity (Wildman–Crippen MR) is 102 cm³/mol. The van der Waals surface area contributed by atoms with Gasteiger partial charge in [-0.1, -0.05) is 61.9 Å². The fraction of sp³-hybridized carbons (Fsp3) is 0.391. The Balaban J connectivity index is 1.78. The first-order valence-corrected chi connectivity index (χ1v) is 9.54. The summed E-state index contributed by atoms with van der Waals surface area (Å²) in [7, 11) is 0. The fourth-order valence-electron chi connectivity index (χ4n) is 3.60. The molecule has 0 heterocycles. The Labute approximate surface area is 157 Å². The van der Waals surface area contributed by atoms with Crippen LogP contribution in [0.2, 0.25) is 0 Å². The molecule has 1 aliphatic carbocycles. The number of hydrogen-bond donors (Lipinski definition) is 0. The lowest BCUT2D eigenvalue weighted by Crippen LogP contribution is -2.23. The van der Waals surface area contributed by atoms with Gasteiger partial charge in [0.05, 0.1) is 0 Å². The predicted octanol–water partition coefficient (Wildman–Crippen LogP) is 7.74. The van der Waals surface area contributed by atoms with Crippen molar-refractivity contribution in [1.29, 1.82) is 0 Å². The second-order valence-corrected chi connectivity index (χ2v) is 7.27. The van der Waals surface area contributed by atoms with Gasteiger partial charge in [0.1, 0.15) is 0 Å². The van der Waals surface area contributed by atoms with Gasteiger partial charge in [0, 0.05) is 24.0 Å². The first-order valence-electron chi connectivity index (χ1n) is 9.54. The molecule has 0 bridgehead atoms. The number of halogens is 4. The molecular formula is C23H24F4. The van der Waals surface area contributed by atoms with Gasteiger partial charge in [-0.15, -0.1) is 0 Å². The van der Waals surface area contributed by atoms with Crippen molar-refractivity contribution >= 4 is 6.08 Å². The molecule has 0 nitrogen and oxygen atoms in total. The summed E-state index contributed by atoms with van der Waals surface area (Å²) in [5.41, 5.74) is 2.01. The van der Waals surface area contributed by atoms with E-state index in [2.05, 4.69) is 0 Å². The van der Waals surface area contributed by atoms with Crippen molar-refractivity contribution in [1.82, 2.24) is 0 Å². The number of benzene rings is 2. The Bertz CT molecular complexity index is 796. The third kappa shape index (κ3) is 4.60. The zero-order valence-electron chi connectivity index (χ0n) is 15.5. The van der Waals surface area contributed by atoms with Crippen LogP contribution in [0, 0.1) is 11.6 Å². The minimum atomic E-state index is -2.55. The van der Waals surface area contributed by atoms with Crippen LogP contribution in [0.5, 0.6) is 0 Å². The summed E-state index contributed by atoms with van der Waals surface area (Å²) in [4.78, 5) is 0. The average Bonchev–Trinajstić information content (AvgIpc) is 2.66. The first-order chi connectivity index (χ1) is 12.9. The molecular weight excluding hydrogens is 352 g/mol. The largest absolute Gasteiger partial charge is 0.248 e. The third-order valence-electron chi connectivity index (χ3n) is 5.28. The fourth-order valence-corrected chi connectivity index (χ4v) is 3.60. The van der Waals surface area contributed by atoms with Gasteiger partial charge in [-0.3, -0.25) is 0 Å². The van der Waals surface area contributed by atoms with Gasteiger partial charge in [-0.2, -0.15) is 0 Å². The van der Waals surface area contributed by atoms with E-state index in [4.69, 9.17) is 0 Å². The monoisotopic (exact) mass is 376 g/mol. The molecule has 0 atom stereocenters. The Kier molecular flexibility index (Phi) is 6.03. The molecule has 1 aliphatic rings. The second-order valence-electron chi connectivity index (χ2n) is 7.27. The molecule has 2 aromatic carbocycles. The molecule has 27 heavy (non-hydrogen) atoms. The number of unbranched alkanes of at least 4 members (excludes halogenated alkanes) is 1. The van der Waals surface area contributed by atoms with Crippen LogP contribution in [0.4, 0.5) is 17.6 Å². The van der Waals surface area contributed by atoms with Crippen molar-refractivity contribution in [3.8, 4) is 11.1 Å². The van der Waals surface area contributed by atoms with E-state index >= 15 is 0 Å². The van der Waals surface area contributed by atoms with E-state index in [-0.39, 0.29) is 29.9 Å². The number of allylic oxidation sites excluding steroid dienone is 1. The lowest BCUT2D eigenvalue weighted by molar-refractivity contribution is -0.0382. The van der Waals surface area contributed by atoms with Crippen LogP contribution in [0.1, 0.15) is 62.5 Å². The molecule has 1 fully saturated rings. The summed E-state index contributed by atoms with van der Waals surface area (Å²) in [5.74, 6) is -4.16. The molecule has 0 unspecified atom stereocenters. The van der Waals surface area contributed by atoms with Crippen molar-refractivity contribution < 1.29 is 17.6 Å². The normalized spacial score (nSPS) is 17.5. The van der Waals surface area contributed by atoms with E-state index in [0.717, 1.165) is 18.4 Å². The number of alkyl halides is 2. The minimum Gasteiger partial charge on any atom is -0.207 e. The summed E-state index contributed by atoms with van der Waals surface area (Å²) in [5, 5.41) is 0. The molecule has 0 aromatic heterocycles. The van der Waals surface area contributed by atoms with Gasteiger partial charge in [0.2, 0.25) is 5.92 Å². The highest BCUT2D eigenvalue weighted by atomic mass is 19.3. The molecule has 144 valence electrons. The van der Waals surface area contributed by atoms with Crippen LogP contribution in [0.15, 0.2) is 42.5 Å². The van der Waals surface area contributed by atoms with Crippen LogP contribution in [-0.2, 0) is 0 Å². The van der Waals surface area contributed by atoms with Crippen LogP contribution < -0.4 is 0 Å². The zero-order chi connectivity index (χ0) is 19.4. The van der Waals surface area contributed by atoms with Crippen LogP contribution in [0.3, 0.4) is 0 Å². The van der Waals surface area contributed by atoms with Gasteiger partial charge in [-0.25, -0.2) is 17.6 Å². The third-order valence-corrected chi connectivity index (χ3v) is 5.28.